The molecule has 4 N–H and O–H groups in total. The molecule has 1 amide bonds. The van der Waals surface area contributed by atoms with Gasteiger partial charge in [-0.15, -0.1) is 5.10 Å². The average Bonchev–Trinajstić information content (AvgIpc) is 2.87. The third kappa shape index (κ3) is 3.35. The zero-order valence-corrected chi connectivity index (χ0v) is 11.3. The van der Waals surface area contributed by atoms with Crippen LogP contribution in [0.3, 0.4) is 0 Å². The Morgan fingerprint density at radius 2 is 2.14 bits per heavy atom. The van der Waals surface area contributed by atoms with Crippen LogP contribution in [0.4, 0.5) is 5.69 Å². The number of carbonyl (C=O) groups excluding carboxylic acids is 1. The van der Waals surface area contributed by atoms with Crippen molar-refractivity contribution in [2.45, 2.75) is 19.8 Å². The van der Waals surface area contributed by atoms with Crippen molar-refractivity contribution in [1.82, 2.24) is 15.2 Å². The van der Waals surface area contributed by atoms with Crippen molar-refractivity contribution < 1.29 is 19.8 Å². The van der Waals surface area contributed by atoms with Gasteiger partial charge in [0, 0.05) is 18.2 Å². The average molecular weight is 290 g/mol. The van der Waals surface area contributed by atoms with Crippen molar-refractivity contribution in [3.05, 3.63) is 35.4 Å². The second-order valence-electron chi connectivity index (χ2n) is 4.35. The first kappa shape index (κ1) is 14.5. The van der Waals surface area contributed by atoms with Crippen LogP contribution in [0.1, 0.15) is 40.1 Å². The Labute approximate surface area is 119 Å². The number of hydrogen-bond donors (Lipinski definition) is 4. The number of carboxylic acids is 1. The summed E-state index contributed by atoms with van der Waals surface area (Å²) in [7, 11) is 0. The number of rotatable bonds is 5. The number of amides is 1. The van der Waals surface area contributed by atoms with Gasteiger partial charge in [0.25, 0.3) is 5.91 Å². The van der Waals surface area contributed by atoms with Crippen LogP contribution < -0.4 is 5.32 Å². The highest BCUT2D eigenvalue weighted by molar-refractivity contribution is 6.02. The molecule has 0 atom stereocenters. The van der Waals surface area contributed by atoms with E-state index in [9.17, 15) is 14.7 Å². The molecule has 2 rings (SSSR count). The maximum Gasteiger partial charge on any atom is 0.339 e. The highest BCUT2D eigenvalue weighted by atomic mass is 16.4. The Morgan fingerprint density at radius 3 is 2.76 bits per heavy atom. The van der Waals surface area contributed by atoms with Crippen LogP contribution in [0, 0.1) is 0 Å². The van der Waals surface area contributed by atoms with Crippen LogP contribution >= 0.6 is 0 Å². The Kier molecular flexibility index (Phi) is 4.17. The number of benzene rings is 1. The topological polar surface area (TPSA) is 128 Å². The van der Waals surface area contributed by atoms with Gasteiger partial charge < -0.3 is 15.5 Å². The summed E-state index contributed by atoms with van der Waals surface area (Å²) in [6, 6.07) is 3.73. The van der Waals surface area contributed by atoms with E-state index in [1.807, 2.05) is 6.92 Å². The molecular formula is C13H14N4O4. The lowest BCUT2D eigenvalue weighted by atomic mass is 10.2. The minimum atomic E-state index is -1.25. The van der Waals surface area contributed by atoms with Crippen LogP contribution in [0.15, 0.2) is 18.2 Å². The summed E-state index contributed by atoms with van der Waals surface area (Å²) >= 11 is 0. The van der Waals surface area contributed by atoms with Gasteiger partial charge in [-0.05, 0) is 18.6 Å². The number of aromatic amines is 1. The molecule has 0 saturated heterocycles. The van der Waals surface area contributed by atoms with Gasteiger partial charge in [0.1, 0.15) is 17.1 Å². The maximum absolute atomic E-state index is 11.9. The number of H-pyrrole nitrogens is 1. The second kappa shape index (κ2) is 6.04. The van der Waals surface area contributed by atoms with Crippen molar-refractivity contribution >= 4 is 17.6 Å². The fraction of sp³-hybridized carbons (Fsp3) is 0.231. The van der Waals surface area contributed by atoms with E-state index < -0.39 is 17.6 Å². The summed E-state index contributed by atoms with van der Waals surface area (Å²) in [5.74, 6) is -1.62. The van der Waals surface area contributed by atoms with E-state index in [-0.39, 0.29) is 17.1 Å². The van der Waals surface area contributed by atoms with E-state index in [0.717, 1.165) is 12.5 Å². The highest BCUT2D eigenvalue weighted by Crippen LogP contribution is 2.22. The molecule has 1 aromatic carbocycles. The molecule has 0 aliphatic carbocycles. The number of aromatic nitrogens is 3. The number of anilines is 1. The Hall–Kier alpha value is -2.90. The van der Waals surface area contributed by atoms with Crippen LogP contribution in [0.2, 0.25) is 0 Å². The summed E-state index contributed by atoms with van der Waals surface area (Å²) < 4.78 is 0. The first-order valence-electron chi connectivity index (χ1n) is 6.30. The third-order valence-electron chi connectivity index (χ3n) is 2.71. The Morgan fingerprint density at radius 1 is 1.38 bits per heavy atom. The van der Waals surface area contributed by atoms with Crippen molar-refractivity contribution in [1.29, 1.82) is 0 Å². The molecule has 8 nitrogen and oxygen atoms in total. The smallest absolute Gasteiger partial charge is 0.339 e. The number of nitrogens with one attached hydrogen (secondary N) is 2. The van der Waals surface area contributed by atoms with Crippen molar-refractivity contribution in [3.8, 4) is 5.75 Å². The van der Waals surface area contributed by atoms with Crippen molar-refractivity contribution in [2.75, 3.05) is 5.32 Å². The summed E-state index contributed by atoms with van der Waals surface area (Å²) in [5, 5.41) is 27.3. The van der Waals surface area contributed by atoms with Crippen molar-refractivity contribution in [2.24, 2.45) is 0 Å². The second-order valence-corrected chi connectivity index (χ2v) is 4.35. The van der Waals surface area contributed by atoms with Crippen LogP contribution in [0.25, 0.3) is 0 Å². The molecule has 21 heavy (non-hydrogen) atoms. The number of aromatic hydroxyl groups is 1. The first-order valence-corrected chi connectivity index (χ1v) is 6.30. The first-order chi connectivity index (χ1) is 10.0. The Bertz CT molecular complexity index is 681. The van der Waals surface area contributed by atoms with Crippen LogP contribution in [-0.2, 0) is 6.42 Å². The van der Waals surface area contributed by atoms with Gasteiger partial charge in [0.2, 0.25) is 5.82 Å². The van der Waals surface area contributed by atoms with Gasteiger partial charge in [0.15, 0.2) is 0 Å². The number of hydrogen-bond acceptors (Lipinski definition) is 5. The van der Waals surface area contributed by atoms with E-state index >= 15 is 0 Å². The van der Waals surface area contributed by atoms with Crippen LogP contribution in [-0.4, -0.2) is 37.3 Å². The molecule has 0 aliphatic rings. The number of carboxylic acid groups (broad SMARTS) is 1. The quantitative estimate of drug-likeness (QED) is 0.659. The number of aryl methyl sites for hydroxylation is 1. The van der Waals surface area contributed by atoms with Gasteiger partial charge in [-0.3, -0.25) is 9.89 Å². The predicted molar refractivity (Wildman–Crippen MR) is 73.4 cm³/mol. The standard InChI is InChI=1S/C13H14N4O4/c1-2-3-10-15-11(17-16-10)12(19)14-7-4-5-8(13(20)21)9(18)6-7/h4-6,18H,2-3H2,1H3,(H,14,19)(H,20,21)(H,15,16,17). The molecule has 0 aliphatic heterocycles. The van der Waals surface area contributed by atoms with E-state index in [1.54, 1.807) is 0 Å². The lowest BCUT2D eigenvalue weighted by molar-refractivity contribution is 0.0693. The molecule has 110 valence electrons. The van der Waals surface area contributed by atoms with Gasteiger partial charge >= 0.3 is 5.97 Å². The van der Waals surface area contributed by atoms with E-state index in [4.69, 9.17) is 5.11 Å². The van der Waals surface area contributed by atoms with Gasteiger partial charge in [-0.1, -0.05) is 6.92 Å². The molecule has 8 heteroatoms. The molecule has 0 spiro atoms. The SMILES string of the molecule is CCCc1nc(C(=O)Nc2ccc(C(=O)O)c(O)c2)n[nH]1. The normalized spacial score (nSPS) is 10.3. The van der Waals surface area contributed by atoms with E-state index in [0.29, 0.717) is 12.2 Å². The molecule has 1 aromatic heterocycles. The zero-order chi connectivity index (χ0) is 15.4. The molecular weight excluding hydrogens is 276 g/mol. The lowest BCUT2D eigenvalue weighted by Gasteiger charge is -2.05. The number of nitrogens with zero attached hydrogens (tertiary/aromatic N) is 2. The third-order valence-corrected chi connectivity index (χ3v) is 2.71. The number of carbonyl (C=O) groups is 2. The largest absolute Gasteiger partial charge is 0.507 e. The fourth-order valence-electron chi connectivity index (χ4n) is 1.72. The summed E-state index contributed by atoms with van der Waals surface area (Å²) in [6.07, 6.45) is 1.56. The summed E-state index contributed by atoms with van der Waals surface area (Å²) in [5.41, 5.74) is 0.0143. The van der Waals surface area contributed by atoms with E-state index in [2.05, 4.69) is 20.5 Å². The molecule has 2 aromatic rings. The van der Waals surface area contributed by atoms with Crippen molar-refractivity contribution in [3.63, 3.8) is 0 Å². The molecule has 0 fully saturated rings. The lowest BCUT2D eigenvalue weighted by Crippen LogP contribution is -2.14. The molecule has 0 radical (unpaired) electrons. The zero-order valence-electron chi connectivity index (χ0n) is 11.3. The maximum atomic E-state index is 11.9. The molecule has 0 saturated carbocycles. The number of aromatic carboxylic acids is 1. The van der Waals surface area contributed by atoms with Crippen LogP contribution in [0.5, 0.6) is 5.75 Å². The van der Waals surface area contributed by atoms with Gasteiger partial charge in [0.05, 0.1) is 0 Å². The van der Waals surface area contributed by atoms with Gasteiger partial charge in [-0.2, -0.15) is 0 Å². The molecule has 0 bridgehead atoms. The summed E-state index contributed by atoms with van der Waals surface area (Å²) in [6.45, 7) is 1.98. The fourth-order valence-corrected chi connectivity index (χ4v) is 1.72. The predicted octanol–water partition coefficient (Wildman–Crippen LogP) is 1.41. The minimum Gasteiger partial charge on any atom is -0.507 e. The number of phenols is 1. The molecule has 1 heterocycles. The highest BCUT2D eigenvalue weighted by Gasteiger charge is 2.14. The monoisotopic (exact) mass is 290 g/mol. The van der Waals surface area contributed by atoms with Gasteiger partial charge in [-0.25, -0.2) is 9.78 Å². The molecule has 0 unspecified atom stereocenters. The van der Waals surface area contributed by atoms with E-state index in [1.165, 1.54) is 12.1 Å². The Balaban J connectivity index is 2.11. The summed E-state index contributed by atoms with van der Waals surface area (Å²) in [4.78, 5) is 26.7. The minimum absolute atomic E-state index is 0.0137.